The number of aromatic nitrogens is 2. The summed E-state index contributed by atoms with van der Waals surface area (Å²) in [5.74, 6) is 0.332. The van der Waals surface area contributed by atoms with E-state index in [1.54, 1.807) is 5.57 Å². The molecule has 4 aromatic carbocycles. The van der Waals surface area contributed by atoms with E-state index in [0.717, 1.165) is 32.1 Å². The molecule has 3 aliphatic heterocycles. The first-order chi connectivity index (χ1) is 27.8. The van der Waals surface area contributed by atoms with E-state index in [2.05, 4.69) is 189 Å². The van der Waals surface area contributed by atoms with E-state index in [1.165, 1.54) is 81.5 Å². The zero-order valence-electron chi connectivity index (χ0n) is 31.1. The predicted molar refractivity (Wildman–Crippen MR) is 234 cm³/mol. The van der Waals surface area contributed by atoms with Gasteiger partial charge in [-0.25, -0.2) is 0 Å². The van der Waals surface area contributed by atoms with E-state index in [1.807, 2.05) is 0 Å². The van der Waals surface area contributed by atoms with Crippen molar-refractivity contribution in [3.63, 3.8) is 0 Å². The lowest BCUT2D eigenvalue weighted by atomic mass is 9.81. The molecule has 1 fully saturated rings. The van der Waals surface area contributed by atoms with Gasteiger partial charge in [0.25, 0.3) is 0 Å². The zero-order chi connectivity index (χ0) is 36.5. The van der Waals surface area contributed by atoms with E-state index >= 15 is 0 Å². The van der Waals surface area contributed by atoms with Crippen molar-refractivity contribution < 1.29 is 0 Å². The number of hydrogen-bond donors (Lipinski definition) is 0. The molecule has 0 bridgehead atoms. The van der Waals surface area contributed by atoms with Crippen LogP contribution in [0.15, 0.2) is 174 Å². The summed E-state index contributed by atoms with van der Waals surface area (Å²) in [4.78, 5) is 0. The summed E-state index contributed by atoms with van der Waals surface area (Å²) in [5.41, 5.74) is 11.1. The summed E-state index contributed by atoms with van der Waals surface area (Å²) < 4.78 is 5.22. The first-order valence-electron chi connectivity index (χ1n) is 20.3. The molecule has 56 heavy (non-hydrogen) atoms. The highest BCUT2D eigenvalue weighted by atomic mass is 32.2. The third-order valence-corrected chi connectivity index (χ3v) is 14.5. The lowest BCUT2D eigenvalue weighted by Crippen LogP contribution is -2.37. The second-order valence-electron chi connectivity index (χ2n) is 16.1. The number of allylic oxidation sites excluding steroid dienone is 13. The molecular weight excluding hydrogens is 701 g/mol. The van der Waals surface area contributed by atoms with Crippen molar-refractivity contribution in [1.29, 1.82) is 0 Å². The normalized spacial score (nSPS) is 26.0. The Morgan fingerprint density at radius 2 is 1.50 bits per heavy atom. The molecule has 5 heterocycles. The Morgan fingerprint density at radius 1 is 0.679 bits per heavy atom. The first-order valence-corrected chi connectivity index (χ1v) is 21.2. The van der Waals surface area contributed by atoms with Gasteiger partial charge in [-0.2, -0.15) is 5.01 Å². The van der Waals surface area contributed by atoms with Crippen LogP contribution in [0.1, 0.15) is 38.4 Å². The van der Waals surface area contributed by atoms with Crippen LogP contribution in [-0.2, 0) is 0 Å². The average Bonchev–Trinajstić information content (AvgIpc) is 3.44. The van der Waals surface area contributed by atoms with Gasteiger partial charge in [-0.3, -0.25) is 5.01 Å². The van der Waals surface area contributed by atoms with Crippen LogP contribution < -0.4 is 10.6 Å². The molecule has 5 unspecified atom stereocenters. The molecule has 6 aromatic rings. The fourth-order valence-corrected chi connectivity index (χ4v) is 12.2. The Morgan fingerprint density at radius 3 is 2.36 bits per heavy atom. The number of rotatable bonds is 4. The van der Waals surface area contributed by atoms with Gasteiger partial charge in [0.05, 0.1) is 33.0 Å². The highest BCUT2D eigenvalue weighted by Gasteiger charge is 2.64. The van der Waals surface area contributed by atoms with Gasteiger partial charge >= 0.3 is 0 Å². The van der Waals surface area contributed by atoms with Crippen molar-refractivity contribution in [2.75, 3.05) is 0 Å². The molecule has 4 aliphatic carbocycles. The molecule has 2 aromatic heterocycles. The number of para-hydroxylation sites is 2. The van der Waals surface area contributed by atoms with Gasteiger partial charge in [0, 0.05) is 38.2 Å². The Bertz CT molecular complexity index is 3130. The molecular formula is C51H40N4S. The van der Waals surface area contributed by atoms with Crippen molar-refractivity contribution >= 4 is 72.6 Å². The maximum atomic E-state index is 2.74. The average molecular weight is 741 g/mol. The number of nitrogens with zero attached hydrogens (tertiary/aromatic N) is 4. The second kappa shape index (κ2) is 11.9. The van der Waals surface area contributed by atoms with E-state index in [4.69, 9.17) is 0 Å². The molecule has 5 atom stereocenters. The SMILES string of the molecule is C1=CCCC(n2c3c(c4ccccc42)=C(C2C4=C(SC5C=CC(C6=CCCC=C6)=CC45)N4C(n5c6ccccc6c6cc7ccccc7cc65)N24)CC=CC=3)=C1. The van der Waals surface area contributed by atoms with Crippen molar-refractivity contribution in [2.45, 2.75) is 49.7 Å². The summed E-state index contributed by atoms with van der Waals surface area (Å²) in [7, 11) is 0. The fourth-order valence-electron chi connectivity index (χ4n) is 10.7. The minimum Gasteiger partial charge on any atom is -0.313 e. The molecule has 0 radical (unpaired) electrons. The van der Waals surface area contributed by atoms with E-state index in [-0.39, 0.29) is 12.3 Å². The van der Waals surface area contributed by atoms with Crippen LogP contribution in [0.4, 0.5) is 0 Å². The third-order valence-electron chi connectivity index (χ3n) is 13.2. The largest absolute Gasteiger partial charge is 0.313 e. The van der Waals surface area contributed by atoms with Crippen molar-refractivity contribution in [1.82, 2.24) is 19.2 Å². The van der Waals surface area contributed by atoms with Gasteiger partial charge in [-0.05, 0) is 102 Å². The summed E-state index contributed by atoms with van der Waals surface area (Å²) in [6.45, 7) is 0. The van der Waals surface area contributed by atoms with E-state index < -0.39 is 0 Å². The van der Waals surface area contributed by atoms with Crippen LogP contribution in [0.25, 0.3) is 60.8 Å². The van der Waals surface area contributed by atoms with Crippen LogP contribution in [0.2, 0.25) is 0 Å². The minimum atomic E-state index is 0.0816. The first kappa shape index (κ1) is 31.5. The molecule has 0 N–H and O–H groups in total. The predicted octanol–water partition coefficient (Wildman–Crippen LogP) is 10.8. The summed E-state index contributed by atoms with van der Waals surface area (Å²) in [5, 5.41) is 16.6. The van der Waals surface area contributed by atoms with Gasteiger partial charge in [0.2, 0.25) is 0 Å². The monoisotopic (exact) mass is 740 g/mol. The molecule has 0 saturated carbocycles. The molecule has 4 nitrogen and oxygen atoms in total. The van der Waals surface area contributed by atoms with Gasteiger partial charge < -0.3 is 9.13 Å². The highest BCUT2D eigenvalue weighted by molar-refractivity contribution is 8.04. The molecule has 5 heteroatoms. The summed E-state index contributed by atoms with van der Waals surface area (Å²) >= 11 is 2.08. The zero-order valence-corrected chi connectivity index (χ0v) is 31.9. The molecule has 13 rings (SSSR count). The van der Waals surface area contributed by atoms with Crippen LogP contribution in [-0.4, -0.2) is 30.4 Å². The van der Waals surface area contributed by atoms with E-state index in [0.29, 0.717) is 11.2 Å². The Labute approximate surface area is 330 Å². The van der Waals surface area contributed by atoms with Gasteiger partial charge in [0.15, 0.2) is 6.29 Å². The maximum Gasteiger partial charge on any atom is 0.197 e. The number of fused-ring (bicyclic) bond motifs is 11. The fraction of sp³-hybridized carbons (Fsp3) is 0.176. The van der Waals surface area contributed by atoms with Gasteiger partial charge in [-0.1, -0.05) is 133 Å². The van der Waals surface area contributed by atoms with Crippen LogP contribution in [0, 0.1) is 5.92 Å². The summed E-state index contributed by atoms with van der Waals surface area (Å²) in [6.07, 6.45) is 34.0. The molecule has 270 valence electrons. The topological polar surface area (TPSA) is 15.9 Å². The van der Waals surface area contributed by atoms with Crippen LogP contribution in [0.3, 0.4) is 0 Å². The Balaban J connectivity index is 1.07. The maximum absolute atomic E-state index is 2.74. The van der Waals surface area contributed by atoms with Crippen molar-refractivity contribution in [3.8, 4) is 0 Å². The smallest absolute Gasteiger partial charge is 0.197 e. The van der Waals surface area contributed by atoms with Crippen LogP contribution >= 0.6 is 11.8 Å². The van der Waals surface area contributed by atoms with Gasteiger partial charge in [-0.15, -0.1) is 0 Å². The minimum absolute atomic E-state index is 0.0816. The lowest BCUT2D eigenvalue weighted by Gasteiger charge is -2.28. The van der Waals surface area contributed by atoms with Gasteiger partial charge in [0.1, 0.15) is 0 Å². The van der Waals surface area contributed by atoms with Crippen molar-refractivity contribution in [3.05, 3.63) is 184 Å². The summed E-state index contributed by atoms with van der Waals surface area (Å²) in [6, 6.07) is 32.0. The third kappa shape index (κ3) is 4.36. The Kier molecular flexibility index (Phi) is 6.67. The standard InChI is InChI=1S/C51H40N4S/c1-3-15-32(16-4-1)35-27-28-46-41(30-35)48-49(39-23-11-14-26-44-47(39)38-22-10-13-25-43(38)52(44)36-19-5-2-6-20-36)54-51(55(54)50(48)56-46)53-42-24-12-9-21-37(42)40-29-33-17-7-8-18-34(33)31-45(40)53/h2-3,5,7-19,21-22,24-31,41,46,49,51H,1,4,6,20,23H2. The highest BCUT2D eigenvalue weighted by Crippen LogP contribution is 2.65. The molecule has 0 spiro atoms. The molecule has 1 saturated heterocycles. The number of hydrazine groups is 1. The molecule has 7 aliphatic rings. The van der Waals surface area contributed by atoms with E-state index in [9.17, 15) is 0 Å². The number of hydrogen-bond acceptors (Lipinski definition) is 3. The quantitative estimate of drug-likeness (QED) is 0.167. The Hall–Kier alpha value is -5.75. The molecule has 0 amide bonds. The van der Waals surface area contributed by atoms with Crippen LogP contribution in [0.5, 0.6) is 0 Å². The van der Waals surface area contributed by atoms with Crippen molar-refractivity contribution in [2.24, 2.45) is 5.92 Å². The second-order valence-corrected chi connectivity index (χ2v) is 17.3. The number of benzene rings is 4. The number of thioether (sulfide) groups is 1. The lowest BCUT2D eigenvalue weighted by molar-refractivity contribution is 0.374.